The quantitative estimate of drug-likeness (QED) is 0.368. The van der Waals surface area contributed by atoms with E-state index in [9.17, 15) is 0 Å². The average Bonchev–Trinajstić information content (AvgIpc) is 2.92. The van der Waals surface area contributed by atoms with Gasteiger partial charge < -0.3 is 15.5 Å². The molecule has 5 heteroatoms. The van der Waals surface area contributed by atoms with E-state index in [1.54, 1.807) is 0 Å². The van der Waals surface area contributed by atoms with Crippen molar-refractivity contribution < 1.29 is 0 Å². The van der Waals surface area contributed by atoms with Gasteiger partial charge in [0.1, 0.15) is 0 Å². The van der Waals surface area contributed by atoms with Crippen LogP contribution in [0, 0.1) is 5.92 Å². The second-order valence-corrected chi connectivity index (χ2v) is 10.7. The molecule has 0 bridgehead atoms. The lowest BCUT2D eigenvalue weighted by atomic mass is 9.81. The molecule has 1 aromatic heterocycles. The number of allylic oxidation sites excluding steroid dienone is 5. The number of nitrogens with zero attached hydrogens (tertiary/aromatic N) is 3. The summed E-state index contributed by atoms with van der Waals surface area (Å²) in [4.78, 5) is 9.94. The van der Waals surface area contributed by atoms with Gasteiger partial charge in [0.15, 0.2) is 0 Å². The fourth-order valence-electron chi connectivity index (χ4n) is 5.56. The van der Waals surface area contributed by atoms with E-state index in [1.807, 2.05) is 6.08 Å². The van der Waals surface area contributed by atoms with Crippen LogP contribution in [0.1, 0.15) is 49.9 Å². The highest BCUT2D eigenvalue weighted by molar-refractivity contribution is 6.36. The summed E-state index contributed by atoms with van der Waals surface area (Å²) in [5.41, 5.74) is 15.0. The molecule has 1 unspecified atom stereocenters. The van der Waals surface area contributed by atoms with Gasteiger partial charge in [-0.2, -0.15) is 0 Å². The number of rotatable bonds is 9. The number of fused-ring (bicyclic) bond motifs is 2. The average molecular weight is 517 g/mol. The van der Waals surface area contributed by atoms with Gasteiger partial charge in [-0.1, -0.05) is 80.6 Å². The Morgan fingerprint density at radius 3 is 2.59 bits per heavy atom. The van der Waals surface area contributed by atoms with Crippen molar-refractivity contribution in [1.82, 2.24) is 14.8 Å². The molecule has 4 nitrogen and oxygen atoms in total. The predicted molar refractivity (Wildman–Crippen MR) is 160 cm³/mol. The molecule has 1 aliphatic heterocycles. The third kappa shape index (κ3) is 6.02. The van der Waals surface area contributed by atoms with Gasteiger partial charge in [0.25, 0.3) is 0 Å². The molecule has 1 aliphatic carbocycles. The Morgan fingerprint density at radius 1 is 1.19 bits per heavy atom. The van der Waals surface area contributed by atoms with Crippen molar-refractivity contribution in [2.75, 3.05) is 32.7 Å². The van der Waals surface area contributed by atoms with E-state index in [0.717, 1.165) is 91.2 Å². The smallest absolute Gasteiger partial charge is 0.0727 e. The summed E-state index contributed by atoms with van der Waals surface area (Å²) < 4.78 is 0. The zero-order chi connectivity index (χ0) is 26.5. The fourth-order valence-corrected chi connectivity index (χ4v) is 5.92. The molecule has 2 aromatic rings. The third-order valence-corrected chi connectivity index (χ3v) is 8.21. The van der Waals surface area contributed by atoms with Gasteiger partial charge in [0, 0.05) is 55.2 Å². The Morgan fingerprint density at radius 2 is 1.92 bits per heavy atom. The fraction of sp³-hybridized carbons (Fsp3) is 0.406. The number of benzene rings is 1. The summed E-state index contributed by atoms with van der Waals surface area (Å²) in [6.45, 7) is 21.4. The van der Waals surface area contributed by atoms with Crippen LogP contribution in [0.3, 0.4) is 0 Å². The van der Waals surface area contributed by atoms with Gasteiger partial charge in [-0.15, -0.1) is 0 Å². The Balaban J connectivity index is 1.56. The lowest BCUT2D eigenvalue weighted by Crippen LogP contribution is -2.44. The van der Waals surface area contributed by atoms with Gasteiger partial charge in [-0.05, 0) is 61.3 Å². The Bertz CT molecular complexity index is 1250. The highest BCUT2D eigenvalue weighted by atomic mass is 35.5. The van der Waals surface area contributed by atoms with Crippen molar-refractivity contribution in [2.45, 2.75) is 46.0 Å². The number of pyridine rings is 1. The number of nitrogens with two attached hydrogens (primary N) is 1. The third-order valence-electron chi connectivity index (χ3n) is 7.78. The maximum Gasteiger partial charge on any atom is 0.0727 e. The molecular weight excluding hydrogens is 476 g/mol. The zero-order valence-electron chi connectivity index (χ0n) is 22.5. The maximum absolute atomic E-state index is 6.96. The molecule has 0 saturated carbocycles. The van der Waals surface area contributed by atoms with E-state index in [2.05, 4.69) is 73.7 Å². The molecule has 2 heterocycles. The summed E-state index contributed by atoms with van der Waals surface area (Å²) >= 11 is 6.96. The molecule has 37 heavy (non-hydrogen) atoms. The monoisotopic (exact) mass is 516 g/mol. The summed E-state index contributed by atoms with van der Waals surface area (Å²) in [5, 5.41) is 1.87. The first-order chi connectivity index (χ1) is 17.9. The van der Waals surface area contributed by atoms with Gasteiger partial charge in [-0.25, -0.2) is 0 Å². The molecule has 196 valence electrons. The molecule has 0 amide bonds. The van der Waals surface area contributed by atoms with Crippen LogP contribution in [0.5, 0.6) is 0 Å². The molecule has 2 aliphatic rings. The van der Waals surface area contributed by atoms with Crippen LogP contribution >= 0.6 is 11.6 Å². The van der Waals surface area contributed by atoms with Crippen LogP contribution < -0.4 is 5.73 Å². The highest BCUT2D eigenvalue weighted by Crippen LogP contribution is 2.38. The van der Waals surface area contributed by atoms with Crippen molar-refractivity contribution in [3.05, 3.63) is 94.9 Å². The number of halogens is 1. The van der Waals surface area contributed by atoms with Gasteiger partial charge >= 0.3 is 0 Å². The van der Waals surface area contributed by atoms with Crippen molar-refractivity contribution in [2.24, 2.45) is 11.7 Å². The Labute approximate surface area is 227 Å². The molecule has 2 N–H and O–H groups in total. The number of hydrogen-bond donors (Lipinski definition) is 1. The molecule has 0 spiro atoms. The first-order valence-corrected chi connectivity index (χ1v) is 13.9. The summed E-state index contributed by atoms with van der Waals surface area (Å²) in [5.74, 6) is 0.380. The van der Waals surface area contributed by atoms with E-state index in [0.29, 0.717) is 12.5 Å². The molecule has 1 fully saturated rings. The van der Waals surface area contributed by atoms with E-state index < -0.39 is 0 Å². The van der Waals surface area contributed by atoms with Crippen LogP contribution in [0.15, 0.2) is 73.0 Å². The normalized spacial score (nSPS) is 18.6. The van der Waals surface area contributed by atoms with E-state index >= 15 is 0 Å². The van der Waals surface area contributed by atoms with Crippen LogP contribution in [0.25, 0.3) is 16.6 Å². The van der Waals surface area contributed by atoms with E-state index in [4.69, 9.17) is 22.3 Å². The molecule has 1 atom stereocenters. The Hall–Kier alpha value is -2.82. The van der Waals surface area contributed by atoms with Crippen LogP contribution in [0.4, 0.5) is 0 Å². The largest absolute Gasteiger partial charge is 0.372 e. The second kappa shape index (κ2) is 12.1. The topological polar surface area (TPSA) is 45.4 Å². The molecule has 0 radical (unpaired) electrons. The van der Waals surface area contributed by atoms with Crippen molar-refractivity contribution in [1.29, 1.82) is 0 Å². The van der Waals surface area contributed by atoms with E-state index in [1.165, 1.54) is 22.4 Å². The minimum Gasteiger partial charge on any atom is -0.372 e. The minimum absolute atomic E-state index is 0.380. The SMILES string of the molecule is C=C/C=C(\C=C(/C)CN)C1CCc2c(nc3cc(C(=C)N4CCN(C(=C)CCC)CC4)ccc3c2Cl)C1. The molecule has 1 aromatic carbocycles. The van der Waals surface area contributed by atoms with Crippen LogP contribution in [0.2, 0.25) is 5.02 Å². The minimum atomic E-state index is 0.380. The summed E-state index contributed by atoms with van der Waals surface area (Å²) in [6, 6.07) is 6.42. The van der Waals surface area contributed by atoms with Crippen molar-refractivity contribution in [3.8, 4) is 0 Å². The van der Waals surface area contributed by atoms with Crippen LogP contribution in [-0.4, -0.2) is 47.5 Å². The highest BCUT2D eigenvalue weighted by Gasteiger charge is 2.26. The van der Waals surface area contributed by atoms with Crippen molar-refractivity contribution in [3.63, 3.8) is 0 Å². The van der Waals surface area contributed by atoms with Gasteiger partial charge in [0.2, 0.25) is 0 Å². The van der Waals surface area contributed by atoms with E-state index in [-0.39, 0.29) is 0 Å². The first-order valence-electron chi connectivity index (χ1n) is 13.5. The standard InChI is InChI=1S/C32H41ClN4/c1-6-8-23(4)36-14-16-37(17-15-36)24(5)25-10-12-28-30(19-25)35-31-20-27(11-13-29(31)32(28)33)26(9-7-2)18-22(3)21-34/h7,9-10,12,18-19,27H,2,4-6,8,11,13-17,20-21,34H2,1,3H3/b22-18+,26-9+. The molecular formula is C32H41ClN4. The predicted octanol–water partition coefficient (Wildman–Crippen LogP) is 6.91. The molecule has 4 rings (SSSR count). The number of hydrogen-bond acceptors (Lipinski definition) is 4. The lowest BCUT2D eigenvalue weighted by molar-refractivity contribution is 0.209. The second-order valence-electron chi connectivity index (χ2n) is 10.4. The van der Waals surface area contributed by atoms with Gasteiger partial charge in [-0.3, -0.25) is 4.98 Å². The molecule has 1 saturated heterocycles. The van der Waals surface area contributed by atoms with Crippen molar-refractivity contribution >= 4 is 28.2 Å². The van der Waals surface area contributed by atoms with Gasteiger partial charge in [0.05, 0.1) is 10.5 Å². The lowest BCUT2D eigenvalue weighted by Gasteiger charge is -2.39. The summed E-state index contributed by atoms with van der Waals surface area (Å²) in [6.07, 6.45) is 11.2. The summed E-state index contributed by atoms with van der Waals surface area (Å²) in [7, 11) is 0. The number of aromatic nitrogens is 1. The number of piperazine rings is 1. The Kier molecular flexibility index (Phi) is 8.94. The zero-order valence-corrected chi connectivity index (χ0v) is 23.3. The first kappa shape index (κ1) is 27.2. The maximum atomic E-state index is 6.96. The van der Waals surface area contributed by atoms with Crippen LogP contribution in [-0.2, 0) is 12.8 Å².